The van der Waals surface area contributed by atoms with E-state index in [0.29, 0.717) is 18.9 Å². The topological polar surface area (TPSA) is 15.3 Å². The molecule has 1 N–H and O–H groups in total. The Kier molecular flexibility index (Phi) is 2.70. The van der Waals surface area contributed by atoms with Gasteiger partial charge in [0, 0.05) is 12.1 Å². The van der Waals surface area contributed by atoms with Crippen LogP contribution in [0.15, 0.2) is 0 Å². The second-order valence-electron chi connectivity index (χ2n) is 4.18. The van der Waals surface area contributed by atoms with E-state index in [1.807, 2.05) is 0 Å². The average molecular weight is 208 g/mol. The van der Waals surface area contributed by atoms with Gasteiger partial charge in [-0.15, -0.1) is 0 Å². The summed E-state index contributed by atoms with van der Waals surface area (Å²) in [6.07, 6.45) is -0.507. The Morgan fingerprint density at radius 2 is 1.57 bits per heavy atom. The van der Waals surface area contributed by atoms with Crippen molar-refractivity contribution in [2.24, 2.45) is 0 Å². The molecule has 0 bridgehead atoms. The minimum absolute atomic E-state index is 0.370. The first-order valence-electron chi connectivity index (χ1n) is 5.13. The van der Waals surface area contributed by atoms with E-state index in [1.165, 1.54) is 12.8 Å². The molecular formula is C9H15F3N2. The third-order valence-corrected chi connectivity index (χ3v) is 2.96. The van der Waals surface area contributed by atoms with Crippen LogP contribution in [-0.2, 0) is 0 Å². The minimum Gasteiger partial charge on any atom is -0.300 e. The van der Waals surface area contributed by atoms with Crippen molar-refractivity contribution in [2.75, 3.05) is 13.1 Å². The smallest absolute Gasteiger partial charge is 0.300 e. The Morgan fingerprint density at radius 3 is 2.00 bits per heavy atom. The van der Waals surface area contributed by atoms with Crippen LogP contribution in [0.3, 0.4) is 0 Å². The fourth-order valence-corrected chi connectivity index (χ4v) is 2.08. The van der Waals surface area contributed by atoms with Crippen molar-refractivity contribution in [3.63, 3.8) is 0 Å². The Morgan fingerprint density at radius 1 is 1.00 bits per heavy atom. The zero-order chi connectivity index (χ0) is 10.2. The molecule has 1 aliphatic carbocycles. The van der Waals surface area contributed by atoms with Gasteiger partial charge >= 0.3 is 6.30 Å². The molecule has 2 aliphatic rings. The highest BCUT2D eigenvalue weighted by Crippen LogP contribution is 2.29. The van der Waals surface area contributed by atoms with Crippen molar-refractivity contribution in [3.8, 4) is 0 Å². The summed E-state index contributed by atoms with van der Waals surface area (Å²) in [5.41, 5.74) is 0. The number of alkyl halides is 3. The Balaban J connectivity index is 1.72. The third-order valence-electron chi connectivity index (χ3n) is 2.96. The molecule has 0 atom stereocenters. The number of piperidine rings is 1. The van der Waals surface area contributed by atoms with Crippen molar-refractivity contribution < 1.29 is 13.2 Å². The lowest BCUT2D eigenvalue weighted by Crippen LogP contribution is -2.48. The summed E-state index contributed by atoms with van der Waals surface area (Å²) in [4.78, 5) is 2.31. The van der Waals surface area contributed by atoms with Crippen LogP contribution in [0.25, 0.3) is 0 Å². The molecule has 0 unspecified atom stereocenters. The molecule has 2 rings (SSSR count). The second kappa shape index (κ2) is 3.70. The van der Waals surface area contributed by atoms with E-state index < -0.39 is 6.30 Å². The van der Waals surface area contributed by atoms with Gasteiger partial charge in [-0.25, -0.2) is 5.32 Å². The molecule has 1 aliphatic heterocycles. The fourth-order valence-electron chi connectivity index (χ4n) is 2.08. The second-order valence-corrected chi connectivity index (χ2v) is 4.18. The van der Waals surface area contributed by atoms with Crippen LogP contribution >= 0.6 is 0 Å². The molecular weight excluding hydrogens is 193 g/mol. The van der Waals surface area contributed by atoms with E-state index in [9.17, 15) is 13.2 Å². The van der Waals surface area contributed by atoms with Crippen LogP contribution in [0.2, 0.25) is 0 Å². The first-order valence-corrected chi connectivity index (χ1v) is 5.13. The maximum absolute atomic E-state index is 12.0. The zero-order valence-corrected chi connectivity index (χ0v) is 7.98. The molecule has 1 saturated carbocycles. The van der Waals surface area contributed by atoms with Gasteiger partial charge in [0.05, 0.1) is 0 Å². The van der Waals surface area contributed by atoms with Crippen LogP contribution in [0.4, 0.5) is 13.2 Å². The highest BCUT2D eigenvalue weighted by Gasteiger charge is 2.35. The van der Waals surface area contributed by atoms with Gasteiger partial charge in [0.25, 0.3) is 0 Å². The molecule has 82 valence electrons. The lowest BCUT2D eigenvalue weighted by molar-refractivity contribution is -0.166. The first-order chi connectivity index (χ1) is 6.54. The molecule has 0 aromatic carbocycles. The summed E-state index contributed by atoms with van der Waals surface area (Å²) in [6, 6.07) is 0.312. The van der Waals surface area contributed by atoms with Crippen LogP contribution in [0.5, 0.6) is 0 Å². The van der Waals surface area contributed by atoms with Gasteiger partial charge in [-0.2, -0.15) is 13.2 Å². The van der Waals surface area contributed by atoms with Gasteiger partial charge in [0.15, 0.2) is 0 Å². The number of hydrogen-bond acceptors (Lipinski definition) is 2. The van der Waals surface area contributed by atoms with Gasteiger partial charge in [0.1, 0.15) is 0 Å². The van der Waals surface area contributed by atoms with Crippen LogP contribution in [-0.4, -0.2) is 36.4 Å². The van der Waals surface area contributed by atoms with Gasteiger partial charge in [-0.1, -0.05) is 0 Å². The summed E-state index contributed by atoms with van der Waals surface area (Å²) in [6.45, 7) is 1.64. The maximum Gasteiger partial charge on any atom is 0.457 e. The number of rotatable bonds is 2. The highest BCUT2D eigenvalue weighted by molar-refractivity contribution is 4.88. The summed E-state index contributed by atoms with van der Waals surface area (Å²) >= 11 is 0. The van der Waals surface area contributed by atoms with E-state index in [0.717, 1.165) is 13.1 Å². The largest absolute Gasteiger partial charge is 0.457 e. The Hall–Kier alpha value is -0.290. The van der Waals surface area contributed by atoms with Crippen molar-refractivity contribution in [1.82, 2.24) is 10.2 Å². The Bertz CT molecular complexity index is 193. The predicted octanol–water partition coefficient (Wildman–Crippen LogP) is 1.72. The highest BCUT2D eigenvalue weighted by atomic mass is 19.4. The van der Waals surface area contributed by atoms with Crippen LogP contribution in [0.1, 0.15) is 25.7 Å². The third kappa shape index (κ3) is 2.85. The number of likely N-dealkylation sites (tertiary alicyclic amines) is 1. The standard InChI is InChI=1S/C9H15F3N2/c10-9(11,12)13-7-3-5-14(6-4-7)8-1-2-8/h7-8,13H,1-6H2. The summed E-state index contributed by atoms with van der Waals surface area (Å²) < 4.78 is 36.0. The molecule has 5 heteroatoms. The van der Waals surface area contributed by atoms with Crippen molar-refractivity contribution in [1.29, 1.82) is 0 Å². The van der Waals surface area contributed by atoms with E-state index in [1.54, 1.807) is 5.32 Å². The predicted molar refractivity (Wildman–Crippen MR) is 46.8 cm³/mol. The Labute approximate surface area is 81.5 Å². The monoisotopic (exact) mass is 208 g/mol. The van der Waals surface area contributed by atoms with E-state index in [2.05, 4.69) is 4.90 Å². The average Bonchev–Trinajstić information content (AvgIpc) is 2.85. The number of nitrogens with zero attached hydrogens (tertiary/aromatic N) is 1. The quantitative estimate of drug-likeness (QED) is 0.695. The number of hydrogen-bond donors (Lipinski definition) is 1. The molecule has 2 nitrogen and oxygen atoms in total. The van der Waals surface area contributed by atoms with Gasteiger partial charge < -0.3 is 4.90 Å². The normalized spacial score (nSPS) is 26.8. The lowest BCUT2D eigenvalue weighted by Gasteiger charge is -2.32. The zero-order valence-electron chi connectivity index (χ0n) is 7.98. The van der Waals surface area contributed by atoms with Crippen molar-refractivity contribution in [3.05, 3.63) is 0 Å². The van der Waals surface area contributed by atoms with E-state index in [-0.39, 0.29) is 6.04 Å². The summed E-state index contributed by atoms with van der Waals surface area (Å²) in [5.74, 6) is 0. The molecule has 0 radical (unpaired) electrons. The maximum atomic E-state index is 12.0. The molecule has 0 aromatic heterocycles. The van der Waals surface area contributed by atoms with Crippen molar-refractivity contribution in [2.45, 2.75) is 44.1 Å². The van der Waals surface area contributed by atoms with E-state index in [4.69, 9.17) is 0 Å². The fraction of sp³-hybridized carbons (Fsp3) is 1.00. The molecule has 0 amide bonds. The molecule has 0 spiro atoms. The summed E-state index contributed by atoms with van der Waals surface area (Å²) in [7, 11) is 0. The SMILES string of the molecule is FC(F)(F)NC1CCN(C2CC2)CC1. The van der Waals surface area contributed by atoms with Crippen LogP contribution in [0, 0.1) is 0 Å². The molecule has 1 saturated heterocycles. The number of halogens is 3. The molecule has 14 heavy (non-hydrogen) atoms. The lowest BCUT2D eigenvalue weighted by atomic mass is 10.1. The van der Waals surface area contributed by atoms with Gasteiger partial charge in [-0.05, 0) is 38.8 Å². The summed E-state index contributed by atoms with van der Waals surface area (Å²) in [5, 5.41) is 1.71. The van der Waals surface area contributed by atoms with Crippen molar-refractivity contribution >= 4 is 0 Å². The number of nitrogens with one attached hydrogen (secondary N) is 1. The van der Waals surface area contributed by atoms with Gasteiger partial charge in [0.2, 0.25) is 0 Å². The molecule has 0 aromatic rings. The van der Waals surface area contributed by atoms with Crippen LogP contribution < -0.4 is 5.32 Å². The first kappa shape index (κ1) is 10.2. The van der Waals surface area contributed by atoms with E-state index >= 15 is 0 Å². The molecule has 2 fully saturated rings. The van der Waals surface area contributed by atoms with Gasteiger partial charge in [-0.3, -0.25) is 0 Å². The molecule has 1 heterocycles. The minimum atomic E-state index is -4.22.